The summed E-state index contributed by atoms with van der Waals surface area (Å²) < 4.78 is 0. The highest BCUT2D eigenvalue weighted by Gasteiger charge is 2.38. The highest BCUT2D eigenvalue weighted by Crippen LogP contribution is 2.39. The molecule has 1 saturated carbocycles. The summed E-state index contributed by atoms with van der Waals surface area (Å²) in [6.45, 7) is 6.84. The summed E-state index contributed by atoms with van der Waals surface area (Å²) in [7, 11) is 0. The zero-order chi connectivity index (χ0) is 19.8. The van der Waals surface area contributed by atoms with Gasteiger partial charge in [-0.25, -0.2) is 0 Å². The maximum atomic E-state index is 13.4. The lowest BCUT2D eigenvalue weighted by molar-refractivity contribution is -0.144. The quantitative estimate of drug-likeness (QED) is 0.761. The Kier molecular flexibility index (Phi) is 5.28. The minimum atomic E-state index is -0.0783. The number of carbonyl (C=O) groups excluding carboxylic acids is 2. The van der Waals surface area contributed by atoms with Crippen molar-refractivity contribution in [3.8, 4) is 0 Å². The van der Waals surface area contributed by atoms with Crippen molar-refractivity contribution in [1.82, 2.24) is 9.80 Å². The topological polar surface area (TPSA) is 40.6 Å². The molecule has 1 fully saturated rings. The average Bonchev–Trinajstić information content (AvgIpc) is 3.41. The Labute approximate surface area is 171 Å². The Morgan fingerprint density at radius 2 is 1.93 bits per heavy atom. The van der Waals surface area contributed by atoms with E-state index in [1.807, 2.05) is 35.8 Å². The number of fused-ring (bicyclic) bond motifs is 1. The van der Waals surface area contributed by atoms with Gasteiger partial charge in [-0.2, -0.15) is 0 Å². The van der Waals surface area contributed by atoms with Crippen LogP contribution in [-0.4, -0.2) is 40.7 Å². The molecule has 0 radical (unpaired) electrons. The van der Waals surface area contributed by atoms with Crippen molar-refractivity contribution >= 4 is 23.2 Å². The van der Waals surface area contributed by atoms with E-state index in [1.54, 1.807) is 11.3 Å². The minimum absolute atomic E-state index is 0.0566. The van der Waals surface area contributed by atoms with Crippen molar-refractivity contribution in [2.24, 2.45) is 5.92 Å². The van der Waals surface area contributed by atoms with Gasteiger partial charge in [0.1, 0.15) is 6.54 Å². The third kappa shape index (κ3) is 3.60. The van der Waals surface area contributed by atoms with E-state index in [2.05, 4.69) is 30.5 Å². The SMILES string of the molecule is Cc1ccccc1[C@H]1c2ccsc2CCN1C(=O)CN(C(=O)C(C)C)C1CC1. The van der Waals surface area contributed by atoms with E-state index in [1.165, 1.54) is 21.6 Å². The fourth-order valence-corrected chi connectivity index (χ4v) is 5.06. The number of amides is 2. The van der Waals surface area contributed by atoms with Gasteiger partial charge >= 0.3 is 0 Å². The second-order valence-electron chi connectivity index (χ2n) is 8.25. The molecule has 1 atom stereocenters. The van der Waals surface area contributed by atoms with E-state index < -0.39 is 0 Å². The number of nitrogens with zero attached hydrogens (tertiary/aromatic N) is 2. The number of thiophene rings is 1. The van der Waals surface area contributed by atoms with Crippen molar-refractivity contribution in [2.45, 2.75) is 52.1 Å². The molecule has 1 aliphatic carbocycles. The van der Waals surface area contributed by atoms with Crippen LogP contribution in [0.15, 0.2) is 35.7 Å². The molecular formula is C23H28N2O2S. The van der Waals surface area contributed by atoms with Gasteiger partial charge in [0.05, 0.1) is 6.04 Å². The van der Waals surface area contributed by atoms with Gasteiger partial charge in [0.2, 0.25) is 11.8 Å². The molecule has 1 aliphatic heterocycles. The van der Waals surface area contributed by atoms with Crippen molar-refractivity contribution in [2.75, 3.05) is 13.1 Å². The first-order valence-corrected chi connectivity index (χ1v) is 11.1. The van der Waals surface area contributed by atoms with Crippen LogP contribution in [0.3, 0.4) is 0 Å². The fraction of sp³-hybridized carbons (Fsp3) is 0.478. The van der Waals surface area contributed by atoms with Crippen molar-refractivity contribution in [1.29, 1.82) is 0 Å². The number of rotatable bonds is 5. The summed E-state index contributed by atoms with van der Waals surface area (Å²) in [6, 6.07) is 10.7. The first-order valence-electron chi connectivity index (χ1n) is 10.2. The molecule has 4 rings (SSSR count). The van der Waals surface area contributed by atoms with E-state index in [4.69, 9.17) is 0 Å². The average molecular weight is 397 g/mol. The van der Waals surface area contributed by atoms with E-state index >= 15 is 0 Å². The maximum absolute atomic E-state index is 13.4. The lowest BCUT2D eigenvalue weighted by Gasteiger charge is -2.38. The normalized spacial score (nSPS) is 18.9. The summed E-state index contributed by atoms with van der Waals surface area (Å²) in [4.78, 5) is 31.3. The molecule has 2 aromatic rings. The molecule has 0 bridgehead atoms. The number of hydrogen-bond donors (Lipinski definition) is 0. The monoisotopic (exact) mass is 396 g/mol. The summed E-state index contributed by atoms with van der Waals surface area (Å²) in [5.41, 5.74) is 3.62. The largest absolute Gasteiger partial charge is 0.330 e. The molecule has 0 spiro atoms. The van der Waals surface area contributed by atoms with Crippen molar-refractivity contribution in [3.05, 3.63) is 57.3 Å². The zero-order valence-corrected chi connectivity index (χ0v) is 17.7. The van der Waals surface area contributed by atoms with Gasteiger partial charge in [-0.15, -0.1) is 11.3 Å². The van der Waals surface area contributed by atoms with Crippen LogP contribution in [-0.2, 0) is 16.0 Å². The molecule has 1 aromatic heterocycles. The Morgan fingerprint density at radius 3 is 2.61 bits per heavy atom. The van der Waals surface area contributed by atoms with E-state index in [0.717, 1.165) is 19.3 Å². The first kappa shape index (κ1) is 19.2. The van der Waals surface area contributed by atoms with Gasteiger partial charge in [0.15, 0.2) is 0 Å². The zero-order valence-electron chi connectivity index (χ0n) is 16.9. The Bertz CT molecular complexity index is 884. The molecule has 0 saturated heterocycles. The third-order valence-corrected chi connectivity index (χ3v) is 6.84. The predicted molar refractivity (Wildman–Crippen MR) is 112 cm³/mol. The lowest BCUT2D eigenvalue weighted by atomic mass is 9.90. The fourth-order valence-electron chi connectivity index (χ4n) is 4.16. The first-order chi connectivity index (χ1) is 13.5. The Morgan fingerprint density at radius 1 is 1.18 bits per heavy atom. The number of benzene rings is 1. The molecule has 2 aliphatic rings. The summed E-state index contributed by atoms with van der Waals surface area (Å²) in [6.07, 6.45) is 2.92. The number of hydrogen-bond acceptors (Lipinski definition) is 3. The van der Waals surface area contributed by atoms with E-state index in [9.17, 15) is 9.59 Å². The van der Waals surface area contributed by atoms with Gasteiger partial charge in [-0.1, -0.05) is 38.1 Å². The van der Waals surface area contributed by atoms with Crippen LogP contribution in [0.5, 0.6) is 0 Å². The maximum Gasteiger partial charge on any atom is 0.243 e. The molecular weight excluding hydrogens is 368 g/mol. The van der Waals surface area contributed by atoms with Gasteiger partial charge in [-0.3, -0.25) is 9.59 Å². The highest BCUT2D eigenvalue weighted by molar-refractivity contribution is 7.10. The molecule has 2 amide bonds. The molecule has 5 heteroatoms. The molecule has 0 unspecified atom stereocenters. The van der Waals surface area contributed by atoms with Crippen LogP contribution in [0.4, 0.5) is 0 Å². The standard InChI is InChI=1S/C23H28N2O2S/c1-15(2)23(27)25(17-8-9-17)14-21(26)24-12-10-20-19(11-13-28-20)22(24)18-7-5-4-6-16(18)3/h4-7,11,13,15,17,22H,8-10,12,14H2,1-3H3/t22-/m0/s1. The highest BCUT2D eigenvalue weighted by atomic mass is 32.1. The summed E-state index contributed by atoms with van der Waals surface area (Å²) in [5.74, 6) is 0.0768. The molecule has 1 aromatic carbocycles. The Balaban J connectivity index is 1.64. The summed E-state index contributed by atoms with van der Waals surface area (Å²) >= 11 is 1.78. The predicted octanol–water partition coefficient (Wildman–Crippen LogP) is 4.18. The van der Waals surface area contributed by atoms with Gasteiger partial charge in [0, 0.05) is 23.4 Å². The van der Waals surface area contributed by atoms with Crippen LogP contribution >= 0.6 is 11.3 Å². The van der Waals surface area contributed by atoms with E-state index in [-0.39, 0.29) is 36.4 Å². The van der Waals surface area contributed by atoms with Gasteiger partial charge in [0.25, 0.3) is 0 Å². The smallest absolute Gasteiger partial charge is 0.243 e. The van der Waals surface area contributed by atoms with Gasteiger partial charge < -0.3 is 9.80 Å². The van der Waals surface area contributed by atoms with Crippen LogP contribution in [0, 0.1) is 12.8 Å². The van der Waals surface area contributed by atoms with Crippen molar-refractivity contribution in [3.63, 3.8) is 0 Å². The molecule has 148 valence electrons. The number of aryl methyl sites for hydroxylation is 1. The molecule has 4 nitrogen and oxygen atoms in total. The molecule has 2 heterocycles. The Hall–Kier alpha value is -2.14. The lowest BCUT2D eigenvalue weighted by Crippen LogP contribution is -2.48. The second kappa shape index (κ2) is 7.70. The van der Waals surface area contributed by atoms with Crippen LogP contribution in [0.25, 0.3) is 0 Å². The molecule has 28 heavy (non-hydrogen) atoms. The van der Waals surface area contributed by atoms with Crippen LogP contribution in [0.1, 0.15) is 54.3 Å². The molecule has 0 N–H and O–H groups in total. The summed E-state index contributed by atoms with van der Waals surface area (Å²) in [5, 5.41) is 2.13. The van der Waals surface area contributed by atoms with Crippen LogP contribution < -0.4 is 0 Å². The van der Waals surface area contributed by atoms with Crippen molar-refractivity contribution < 1.29 is 9.59 Å². The number of carbonyl (C=O) groups is 2. The second-order valence-corrected chi connectivity index (χ2v) is 9.25. The van der Waals surface area contributed by atoms with E-state index in [0.29, 0.717) is 6.54 Å². The van der Waals surface area contributed by atoms with Gasteiger partial charge in [-0.05, 0) is 54.3 Å². The third-order valence-electron chi connectivity index (χ3n) is 5.84. The minimum Gasteiger partial charge on any atom is -0.330 e. The van der Waals surface area contributed by atoms with Crippen LogP contribution in [0.2, 0.25) is 0 Å².